The maximum atomic E-state index is 10.6. The maximum absolute atomic E-state index is 10.6. The SMILES string of the molecule is COC(=O)N=CC(C(=O)O)C(C)(C)O. The number of carbonyl (C=O) groups excluding carboxylic acids is 1. The summed E-state index contributed by atoms with van der Waals surface area (Å²) in [6, 6.07) is 0. The fraction of sp³-hybridized carbons (Fsp3) is 0.625. The van der Waals surface area contributed by atoms with Crippen LogP contribution in [0.3, 0.4) is 0 Å². The average Bonchev–Trinajstić information content (AvgIpc) is 2.01. The van der Waals surface area contributed by atoms with Crippen molar-refractivity contribution in [2.24, 2.45) is 10.9 Å². The van der Waals surface area contributed by atoms with Gasteiger partial charge in [-0.3, -0.25) is 4.79 Å². The highest BCUT2D eigenvalue weighted by Gasteiger charge is 2.31. The van der Waals surface area contributed by atoms with E-state index in [-0.39, 0.29) is 0 Å². The molecule has 0 aliphatic carbocycles. The minimum atomic E-state index is -1.48. The molecule has 0 aromatic heterocycles. The van der Waals surface area contributed by atoms with E-state index < -0.39 is 23.6 Å². The molecule has 0 saturated heterocycles. The van der Waals surface area contributed by atoms with E-state index in [1.54, 1.807) is 0 Å². The van der Waals surface area contributed by atoms with Crippen LogP contribution in [0, 0.1) is 5.92 Å². The summed E-state index contributed by atoms with van der Waals surface area (Å²) in [4.78, 5) is 24.4. The number of carboxylic acid groups (broad SMARTS) is 1. The number of methoxy groups -OCH3 is 1. The Kier molecular flexibility index (Phi) is 4.23. The number of hydrogen-bond acceptors (Lipinski definition) is 4. The molecule has 0 bridgehead atoms. The van der Waals surface area contributed by atoms with Crippen molar-refractivity contribution in [3.63, 3.8) is 0 Å². The molecular formula is C8H13NO5. The molecule has 0 aromatic rings. The second-order valence-electron chi connectivity index (χ2n) is 3.22. The van der Waals surface area contributed by atoms with E-state index in [1.165, 1.54) is 13.8 Å². The molecule has 0 aromatic carbocycles. The number of rotatable bonds is 3. The Morgan fingerprint density at radius 1 is 1.50 bits per heavy atom. The number of ether oxygens (including phenoxy) is 1. The van der Waals surface area contributed by atoms with Gasteiger partial charge in [-0.25, -0.2) is 4.79 Å². The van der Waals surface area contributed by atoms with Crippen LogP contribution in [0.5, 0.6) is 0 Å². The van der Waals surface area contributed by atoms with Gasteiger partial charge >= 0.3 is 12.1 Å². The highest BCUT2D eigenvalue weighted by molar-refractivity contribution is 5.93. The zero-order chi connectivity index (χ0) is 11.4. The van der Waals surface area contributed by atoms with Gasteiger partial charge in [-0.15, -0.1) is 0 Å². The second kappa shape index (κ2) is 4.71. The van der Waals surface area contributed by atoms with Crippen molar-refractivity contribution < 1.29 is 24.5 Å². The summed E-state index contributed by atoms with van der Waals surface area (Å²) in [6.07, 6.45) is -0.0470. The molecule has 0 rings (SSSR count). The first-order valence-corrected chi connectivity index (χ1v) is 3.86. The minimum absolute atomic E-state index is 0.855. The largest absolute Gasteiger partial charge is 0.481 e. The number of hydrogen-bond donors (Lipinski definition) is 2. The molecular weight excluding hydrogens is 190 g/mol. The van der Waals surface area contributed by atoms with E-state index >= 15 is 0 Å². The van der Waals surface area contributed by atoms with Crippen LogP contribution in [0.1, 0.15) is 13.8 Å². The molecule has 0 saturated carbocycles. The Morgan fingerprint density at radius 2 is 2.00 bits per heavy atom. The molecule has 0 aliphatic heterocycles. The zero-order valence-corrected chi connectivity index (χ0v) is 8.22. The Balaban J connectivity index is 4.63. The van der Waals surface area contributed by atoms with Gasteiger partial charge in [0.2, 0.25) is 0 Å². The number of aliphatic imine (C=N–C) groups is 1. The molecule has 6 heteroatoms. The molecule has 14 heavy (non-hydrogen) atoms. The van der Waals surface area contributed by atoms with Crippen LogP contribution in [0.4, 0.5) is 4.79 Å². The fourth-order valence-corrected chi connectivity index (χ4v) is 0.736. The van der Waals surface area contributed by atoms with Gasteiger partial charge < -0.3 is 14.9 Å². The Bertz CT molecular complexity index is 253. The summed E-state index contributed by atoms with van der Waals surface area (Å²) < 4.78 is 4.18. The molecule has 1 amide bonds. The third-order valence-electron chi connectivity index (χ3n) is 1.53. The molecule has 2 N–H and O–H groups in total. The Morgan fingerprint density at radius 3 is 2.29 bits per heavy atom. The van der Waals surface area contributed by atoms with E-state index in [0.717, 1.165) is 13.3 Å². The standard InChI is InChI=1S/C8H13NO5/c1-8(2,13)5(6(10)11)4-9-7(12)14-3/h4-5,13H,1-3H3,(H,10,11). The predicted octanol–water partition coefficient (Wildman–Crippen LogP) is 0.295. The van der Waals surface area contributed by atoms with Gasteiger partial charge in [0, 0.05) is 6.21 Å². The zero-order valence-electron chi connectivity index (χ0n) is 8.22. The molecule has 0 radical (unpaired) electrons. The summed E-state index contributed by atoms with van der Waals surface area (Å²) >= 11 is 0. The van der Waals surface area contributed by atoms with E-state index in [9.17, 15) is 14.7 Å². The van der Waals surface area contributed by atoms with Crippen molar-refractivity contribution >= 4 is 18.3 Å². The number of carbonyl (C=O) groups is 2. The summed E-state index contributed by atoms with van der Waals surface area (Å²) in [7, 11) is 1.12. The van der Waals surface area contributed by atoms with E-state index in [2.05, 4.69) is 9.73 Å². The van der Waals surface area contributed by atoms with Gasteiger partial charge in [-0.2, -0.15) is 4.99 Å². The van der Waals surface area contributed by atoms with Crippen LogP contribution in [0.2, 0.25) is 0 Å². The van der Waals surface area contributed by atoms with Crippen molar-refractivity contribution in [1.82, 2.24) is 0 Å². The molecule has 0 heterocycles. The number of amides is 1. The highest BCUT2D eigenvalue weighted by atomic mass is 16.5. The number of carboxylic acids is 1. The van der Waals surface area contributed by atoms with Crippen molar-refractivity contribution in [3.8, 4) is 0 Å². The topological polar surface area (TPSA) is 96.2 Å². The first-order valence-electron chi connectivity index (χ1n) is 3.86. The van der Waals surface area contributed by atoms with E-state index in [4.69, 9.17) is 5.11 Å². The quantitative estimate of drug-likeness (QED) is 0.643. The van der Waals surface area contributed by atoms with Crippen molar-refractivity contribution in [2.45, 2.75) is 19.4 Å². The average molecular weight is 203 g/mol. The van der Waals surface area contributed by atoms with Crippen LogP contribution in [0.15, 0.2) is 4.99 Å². The monoisotopic (exact) mass is 203 g/mol. The lowest BCUT2D eigenvalue weighted by Crippen LogP contribution is -2.38. The van der Waals surface area contributed by atoms with Crippen LogP contribution >= 0.6 is 0 Å². The molecule has 80 valence electrons. The third kappa shape index (κ3) is 3.99. The van der Waals surface area contributed by atoms with Gasteiger partial charge in [0.15, 0.2) is 0 Å². The van der Waals surface area contributed by atoms with Crippen molar-refractivity contribution in [3.05, 3.63) is 0 Å². The molecule has 1 unspecified atom stereocenters. The summed E-state index contributed by atoms with van der Waals surface area (Å²) in [5.41, 5.74) is -1.48. The number of nitrogens with zero attached hydrogens (tertiary/aromatic N) is 1. The summed E-state index contributed by atoms with van der Waals surface area (Å²) in [6.45, 7) is 2.63. The van der Waals surface area contributed by atoms with E-state index in [1.807, 2.05) is 0 Å². The van der Waals surface area contributed by atoms with Crippen LogP contribution < -0.4 is 0 Å². The van der Waals surface area contributed by atoms with Gasteiger partial charge in [-0.05, 0) is 13.8 Å². The van der Waals surface area contributed by atoms with Crippen molar-refractivity contribution in [1.29, 1.82) is 0 Å². The summed E-state index contributed by atoms with van der Waals surface area (Å²) in [5, 5.41) is 18.1. The van der Waals surface area contributed by atoms with Crippen molar-refractivity contribution in [2.75, 3.05) is 7.11 Å². The Labute approximate surface area is 81.2 Å². The van der Waals surface area contributed by atoms with Crippen LogP contribution in [-0.2, 0) is 9.53 Å². The normalized spacial score (nSPS) is 14.0. The molecule has 0 fully saturated rings. The molecule has 0 spiro atoms. The van der Waals surface area contributed by atoms with E-state index in [0.29, 0.717) is 0 Å². The lowest BCUT2D eigenvalue weighted by molar-refractivity contribution is -0.145. The Hall–Kier alpha value is -1.43. The first-order chi connectivity index (χ1) is 6.29. The summed E-state index contributed by atoms with van der Waals surface area (Å²) in [5.74, 6) is -2.51. The van der Waals surface area contributed by atoms with Gasteiger partial charge in [0.25, 0.3) is 0 Å². The van der Waals surface area contributed by atoms with Gasteiger partial charge in [0.1, 0.15) is 5.92 Å². The van der Waals surface area contributed by atoms with Gasteiger partial charge in [-0.1, -0.05) is 0 Å². The molecule has 0 aliphatic rings. The lowest BCUT2D eigenvalue weighted by atomic mass is 9.92. The van der Waals surface area contributed by atoms with Crippen LogP contribution in [-0.4, -0.2) is 41.2 Å². The smallest absolute Gasteiger partial charge is 0.432 e. The fourth-order valence-electron chi connectivity index (χ4n) is 0.736. The molecule has 6 nitrogen and oxygen atoms in total. The number of aliphatic hydroxyl groups is 1. The first kappa shape index (κ1) is 12.6. The van der Waals surface area contributed by atoms with Gasteiger partial charge in [0.05, 0.1) is 12.7 Å². The maximum Gasteiger partial charge on any atom is 0.432 e. The minimum Gasteiger partial charge on any atom is -0.481 e. The lowest BCUT2D eigenvalue weighted by Gasteiger charge is -2.21. The highest BCUT2D eigenvalue weighted by Crippen LogP contribution is 2.14. The van der Waals surface area contributed by atoms with Crippen LogP contribution in [0.25, 0.3) is 0 Å². The number of aliphatic carboxylic acids is 1. The predicted molar refractivity (Wildman–Crippen MR) is 48.3 cm³/mol. The second-order valence-corrected chi connectivity index (χ2v) is 3.22. The third-order valence-corrected chi connectivity index (χ3v) is 1.53. The molecule has 1 atom stereocenters.